The number of thiazole rings is 1. The van der Waals surface area contributed by atoms with Crippen LogP contribution >= 0.6 is 11.3 Å². The van der Waals surface area contributed by atoms with Gasteiger partial charge in [-0.3, -0.25) is 0 Å². The fourth-order valence-corrected chi connectivity index (χ4v) is 2.80. The molecule has 98 valence electrons. The number of hydrogen-bond acceptors (Lipinski definition) is 5. The predicted octanol–water partition coefficient (Wildman–Crippen LogP) is 2.86. The molecule has 1 aromatic rings. The zero-order chi connectivity index (χ0) is 13.2. The smallest absolute Gasteiger partial charge is 0.334 e. The number of esters is 1. The van der Waals surface area contributed by atoms with Crippen LogP contribution in [0.25, 0.3) is 0 Å². The Morgan fingerprint density at radius 2 is 2.39 bits per heavy atom. The molecule has 0 saturated heterocycles. The van der Waals surface area contributed by atoms with Crippen LogP contribution in [0.5, 0.6) is 0 Å². The average molecular weight is 267 g/mol. The monoisotopic (exact) mass is 267 g/mol. The fraction of sp³-hybridized carbons (Fsp3) is 0.538. The molecule has 0 amide bonds. The van der Waals surface area contributed by atoms with Crippen LogP contribution < -0.4 is 0 Å². The highest BCUT2D eigenvalue weighted by Gasteiger charge is 2.41. The number of carbonyl (C=O) groups excluding carboxylic acids is 1. The molecular formula is C13H17NO3S. The molecule has 5 heteroatoms. The van der Waals surface area contributed by atoms with Crippen molar-refractivity contribution in [3.05, 3.63) is 28.4 Å². The van der Waals surface area contributed by atoms with E-state index in [2.05, 4.69) is 4.98 Å². The molecule has 1 N–H and O–H groups in total. The molecule has 4 nitrogen and oxygen atoms in total. The fourth-order valence-electron chi connectivity index (χ4n) is 2.21. The van der Waals surface area contributed by atoms with E-state index in [1.54, 1.807) is 16.8 Å². The third-order valence-corrected chi connectivity index (χ3v) is 4.04. The molecule has 2 heterocycles. The van der Waals surface area contributed by atoms with Gasteiger partial charge in [0.05, 0.1) is 17.3 Å². The number of cyclic esters (lactones) is 1. The zero-order valence-electron chi connectivity index (χ0n) is 10.5. The van der Waals surface area contributed by atoms with Gasteiger partial charge in [-0.05, 0) is 18.8 Å². The van der Waals surface area contributed by atoms with Gasteiger partial charge in [-0.2, -0.15) is 0 Å². The van der Waals surface area contributed by atoms with Crippen LogP contribution in [0.4, 0.5) is 0 Å². The summed E-state index contributed by atoms with van der Waals surface area (Å²) in [5.74, 6) is -0.195. The minimum absolute atomic E-state index is 0.109. The van der Waals surface area contributed by atoms with E-state index in [9.17, 15) is 9.90 Å². The molecule has 1 unspecified atom stereocenters. The number of aryl methyl sites for hydroxylation is 1. The van der Waals surface area contributed by atoms with Gasteiger partial charge >= 0.3 is 5.97 Å². The van der Waals surface area contributed by atoms with Gasteiger partial charge < -0.3 is 9.84 Å². The average Bonchev–Trinajstić information content (AvgIpc) is 2.77. The molecule has 1 aromatic heterocycles. The summed E-state index contributed by atoms with van der Waals surface area (Å²) in [6, 6.07) is 0. The normalized spacial score (nSPS) is 23.9. The lowest BCUT2D eigenvalue weighted by molar-refractivity contribution is -0.163. The number of rotatable bonds is 4. The topological polar surface area (TPSA) is 59.4 Å². The summed E-state index contributed by atoms with van der Waals surface area (Å²) in [7, 11) is 0. The molecule has 0 saturated carbocycles. The van der Waals surface area contributed by atoms with E-state index in [0.29, 0.717) is 12.8 Å². The van der Waals surface area contributed by atoms with Gasteiger partial charge in [-0.15, -0.1) is 11.3 Å². The highest BCUT2D eigenvalue weighted by molar-refractivity contribution is 7.07. The Bertz CT molecular complexity index is 453. The second-order valence-corrected chi connectivity index (χ2v) is 5.65. The van der Waals surface area contributed by atoms with Crippen LogP contribution in [0.3, 0.4) is 0 Å². The molecule has 2 rings (SSSR count). The van der Waals surface area contributed by atoms with Crippen molar-refractivity contribution in [2.75, 3.05) is 0 Å². The van der Waals surface area contributed by atoms with Crippen LogP contribution in [0.2, 0.25) is 0 Å². The highest BCUT2D eigenvalue weighted by atomic mass is 32.1. The zero-order valence-corrected chi connectivity index (χ0v) is 11.4. The number of nitrogens with zero attached hydrogens (tertiary/aromatic N) is 1. The van der Waals surface area contributed by atoms with Crippen LogP contribution in [0.15, 0.2) is 22.7 Å². The lowest BCUT2D eigenvalue weighted by Gasteiger charge is -2.38. The van der Waals surface area contributed by atoms with E-state index in [1.165, 1.54) is 0 Å². The predicted molar refractivity (Wildman–Crippen MR) is 69.4 cm³/mol. The first-order valence-electron chi connectivity index (χ1n) is 6.01. The van der Waals surface area contributed by atoms with Crippen molar-refractivity contribution in [3.8, 4) is 0 Å². The van der Waals surface area contributed by atoms with Gasteiger partial charge in [0.25, 0.3) is 0 Å². The molecule has 0 fully saturated rings. The molecule has 1 atom stereocenters. The second-order valence-electron chi connectivity index (χ2n) is 4.93. The molecule has 1 aliphatic rings. The van der Waals surface area contributed by atoms with Crippen molar-refractivity contribution < 1.29 is 14.6 Å². The second kappa shape index (κ2) is 5.10. The van der Waals surface area contributed by atoms with Crippen molar-refractivity contribution in [1.29, 1.82) is 0 Å². The van der Waals surface area contributed by atoms with Crippen LogP contribution in [0.1, 0.15) is 32.4 Å². The number of aliphatic hydroxyl groups is 1. The minimum Gasteiger partial charge on any atom is -0.512 e. The summed E-state index contributed by atoms with van der Waals surface area (Å²) in [6.45, 7) is 4.01. The van der Waals surface area contributed by atoms with Crippen molar-refractivity contribution in [1.82, 2.24) is 4.98 Å². The van der Waals surface area contributed by atoms with Crippen LogP contribution in [-0.4, -0.2) is 21.7 Å². The van der Waals surface area contributed by atoms with E-state index in [0.717, 1.165) is 18.2 Å². The van der Waals surface area contributed by atoms with Gasteiger partial charge in [0, 0.05) is 11.8 Å². The first kappa shape index (κ1) is 13.1. The molecule has 1 aliphatic heterocycles. The van der Waals surface area contributed by atoms with E-state index in [-0.39, 0.29) is 11.7 Å². The summed E-state index contributed by atoms with van der Waals surface area (Å²) >= 11 is 1.55. The Morgan fingerprint density at radius 3 is 2.94 bits per heavy atom. The van der Waals surface area contributed by atoms with Gasteiger partial charge in [-0.25, -0.2) is 9.78 Å². The molecule has 18 heavy (non-hydrogen) atoms. The summed E-state index contributed by atoms with van der Waals surface area (Å²) in [6.07, 6.45) is 2.98. The SMILES string of the molecule is CC(C)C1(CCc2cscn2)CC(O)=CC(=O)O1. The number of ether oxygens (including phenoxy) is 1. The van der Waals surface area contributed by atoms with E-state index in [1.807, 2.05) is 19.2 Å². The third kappa shape index (κ3) is 2.72. The Labute approximate surface area is 110 Å². The Hall–Kier alpha value is -1.36. The van der Waals surface area contributed by atoms with Crippen LogP contribution in [0, 0.1) is 5.92 Å². The third-order valence-electron chi connectivity index (χ3n) is 3.41. The summed E-state index contributed by atoms with van der Waals surface area (Å²) in [4.78, 5) is 15.7. The first-order chi connectivity index (χ1) is 8.52. The largest absolute Gasteiger partial charge is 0.512 e. The number of aliphatic hydroxyl groups excluding tert-OH is 1. The van der Waals surface area contributed by atoms with Crippen molar-refractivity contribution >= 4 is 17.3 Å². The summed E-state index contributed by atoms with van der Waals surface area (Å²) in [5, 5.41) is 11.7. The number of carbonyl (C=O) groups is 1. The van der Waals surface area contributed by atoms with Gasteiger partial charge in [0.15, 0.2) is 0 Å². The molecule has 0 aliphatic carbocycles. The summed E-state index contributed by atoms with van der Waals surface area (Å²) in [5.41, 5.74) is 2.19. The maximum Gasteiger partial charge on any atom is 0.334 e. The van der Waals surface area contributed by atoms with Crippen molar-refractivity contribution in [2.24, 2.45) is 5.92 Å². The highest BCUT2D eigenvalue weighted by Crippen LogP contribution is 2.36. The molecular weight excluding hydrogens is 250 g/mol. The standard InChI is InChI=1S/C13H17NO3S/c1-9(2)13(4-3-10-7-18-8-14-10)6-11(15)5-12(16)17-13/h5,7-9,15H,3-4,6H2,1-2H3. The van der Waals surface area contributed by atoms with E-state index < -0.39 is 11.6 Å². The Kier molecular flexibility index (Phi) is 3.71. The maximum absolute atomic E-state index is 11.5. The van der Waals surface area contributed by atoms with E-state index in [4.69, 9.17) is 4.74 Å². The van der Waals surface area contributed by atoms with Gasteiger partial charge in [0.2, 0.25) is 0 Å². The van der Waals surface area contributed by atoms with Gasteiger partial charge in [-0.1, -0.05) is 13.8 Å². The lowest BCUT2D eigenvalue weighted by Crippen LogP contribution is -2.43. The minimum atomic E-state index is -0.612. The van der Waals surface area contributed by atoms with E-state index >= 15 is 0 Å². The first-order valence-corrected chi connectivity index (χ1v) is 6.96. The maximum atomic E-state index is 11.5. The number of aromatic nitrogens is 1. The van der Waals surface area contributed by atoms with Gasteiger partial charge in [0.1, 0.15) is 11.4 Å². The molecule has 0 aromatic carbocycles. The van der Waals surface area contributed by atoms with Crippen molar-refractivity contribution in [2.45, 2.75) is 38.7 Å². The molecule has 0 spiro atoms. The Balaban J connectivity index is 2.12. The Morgan fingerprint density at radius 1 is 1.61 bits per heavy atom. The quantitative estimate of drug-likeness (QED) is 0.852. The molecule has 0 radical (unpaired) electrons. The lowest BCUT2D eigenvalue weighted by atomic mass is 9.80. The van der Waals surface area contributed by atoms with Crippen molar-refractivity contribution in [3.63, 3.8) is 0 Å². The van der Waals surface area contributed by atoms with Crippen LogP contribution in [-0.2, 0) is 16.0 Å². The summed E-state index contributed by atoms with van der Waals surface area (Å²) < 4.78 is 5.50. The molecule has 0 bridgehead atoms. The number of hydrogen-bond donors (Lipinski definition) is 1.